The molecule has 3 amide bonds. The van der Waals surface area contributed by atoms with Gasteiger partial charge in [0.1, 0.15) is 6.54 Å². The van der Waals surface area contributed by atoms with Gasteiger partial charge >= 0.3 is 6.03 Å². The molecule has 198 valence electrons. The average Bonchev–Trinajstić information content (AvgIpc) is 3.11. The summed E-state index contributed by atoms with van der Waals surface area (Å²) in [6.07, 6.45) is 11.1. The Bertz CT molecular complexity index is 1110. The molecule has 2 heterocycles. The van der Waals surface area contributed by atoms with Gasteiger partial charge in [0.25, 0.3) is 0 Å². The summed E-state index contributed by atoms with van der Waals surface area (Å²) in [6, 6.07) is 12.8. The number of benzene rings is 1. The molecule has 0 radical (unpaired) electrons. The zero-order chi connectivity index (χ0) is 26.0. The maximum atomic E-state index is 13.7. The van der Waals surface area contributed by atoms with E-state index in [-0.39, 0.29) is 29.6 Å². The van der Waals surface area contributed by atoms with Crippen LogP contribution in [0.2, 0.25) is 0 Å². The number of rotatable bonds is 8. The van der Waals surface area contributed by atoms with Crippen LogP contribution in [-0.4, -0.2) is 70.9 Å². The number of nitrogens with zero attached hydrogens (tertiary/aromatic N) is 4. The van der Waals surface area contributed by atoms with E-state index in [0.29, 0.717) is 19.0 Å². The summed E-state index contributed by atoms with van der Waals surface area (Å²) in [5.74, 6) is 0.484. The first-order valence-electron chi connectivity index (χ1n) is 13.8. The van der Waals surface area contributed by atoms with Gasteiger partial charge in [0, 0.05) is 37.6 Å². The van der Waals surface area contributed by atoms with Crippen LogP contribution in [0.3, 0.4) is 0 Å². The van der Waals surface area contributed by atoms with Crippen LogP contribution >= 0.6 is 0 Å². The van der Waals surface area contributed by atoms with E-state index in [2.05, 4.69) is 64.5 Å². The highest BCUT2D eigenvalue weighted by Crippen LogP contribution is 2.49. The van der Waals surface area contributed by atoms with Gasteiger partial charge in [-0.05, 0) is 88.2 Å². The zero-order valence-corrected chi connectivity index (χ0v) is 22.6. The van der Waals surface area contributed by atoms with Crippen molar-refractivity contribution in [2.24, 2.45) is 5.92 Å². The van der Waals surface area contributed by atoms with Crippen molar-refractivity contribution in [3.8, 4) is 0 Å². The molecule has 0 bridgehead atoms. The normalized spacial score (nSPS) is 26.1. The van der Waals surface area contributed by atoms with E-state index in [1.807, 2.05) is 13.0 Å². The second kappa shape index (κ2) is 10.4. The maximum absolute atomic E-state index is 13.7. The second-order valence-corrected chi connectivity index (χ2v) is 11.6. The largest absolute Gasteiger partial charge is 0.350 e. The van der Waals surface area contributed by atoms with Gasteiger partial charge in [-0.25, -0.2) is 4.79 Å². The fraction of sp³-hybridized carbons (Fsp3) is 0.567. The predicted octanol–water partition coefficient (Wildman–Crippen LogP) is 4.31. The fourth-order valence-electron chi connectivity index (χ4n) is 6.61. The molecule has 1 aromatic carbocycles. The molecule has 2 saturated carbocycles. The SMILES string of the molecule is Cc1ccncc1CNC(=O)CN1C[C@]2(CC[C@](c3ccccc3)(N(C)C)CC2)N(CC2CCC2)C1=O. The third-order valence-corrected chi connectivity index (χ3v) is 9.36. The van der Waals surface area contributed by atoms with Crippen molar-refractivity contribution in [2.75, 3.05) is 33.7 Å². The number of pyridine rings is 1. The van der Waals surface area contributed by atoms with E-state index in [1.165, 1.54) is 24.8 Å². The van der Waals surface area contributed by atoms with Crippen molar-refractivity contribution < 1.29 is 9.59 Å². The molecule has 2 aliphatic carbocycles. The molecule has 3 aliphatic rings. The van der Waals surface area contributed by atoms with E-state index in [0.717, 1.165) is 43.4 Å². The van der Waals surface area contributed by atoms with E-state index in [9.17, 15) is 9.59 Å². The Morgan fingerprint density at radius 3 is 2.46 bits per heavy atom. The van der Waals surface area contributed by atoms with E-state index in [1.54, 1.807) is 17.3 Å². The molecule has 5 rings (SSSR count). The van der Waals surface area contributed by atoms with Gasteiger partial charge in [-0.2, -0.15) is 0 Å². The Kier molecular flexibility index (Phi) is 7.26. The molecule has 0 unspecified atom stereocenters. The van der Waals surface area contributed by atoms with Gasteiger partial charge in [-0.15, -0.1) is 0 Å². The predicted molar refractivity (Wildman–Crippen MR) is 145 cm³/mol. The van der Waals surface area contributed by atoms with Crippen LogP contribution in [0.15, 0.2) is 48.8 Å². The Morgan fingerprint density at radius 1 is 1.11 bits per heavy atom. The van der Waals surface area contributed by atoms with Gasteiger partial charge in [-0.1, -0.05) is 36.8 Å². The lowest BCUT2D eigenvalue weighted by Crippen LogP contribution is -2.56. The van der Waals surface area contributed by atoms with Crippen molar-refractivity contribution >= 4 is 11.9 Å². The first-order chi connectivity index (χ1) is 17.8. The van der Waals surface area contributed by atoms with E-state index in [4.69, 9.17) is 0 Å². The minimum atomic E-state index is -0.193. The van der Waals surface area contributed by atoms with Gasteiger partial charge in [-0.3, -0.25) is 14.7 Å². The highest BCUT2D eigenvalue weighted by molar-refractivity contribution is 5.86. The molecule has 2 aromatic rings. The summed E-state index contributed by atoms with van der Waals surface area (Å²) in [4.78, 5) is 37.2. The molecule has 0 atom stereocenters. The summed E-state index contributed by atoms with van der Waals surface area (Å²) in [6.45, 7) is 4.02. The van der Waals surface area contributed by atoms with Crippen molar-refractivity contribution in [1.29, 1.82) is 0 Å². The lowest BCUT2D eigenvalue weighted by molar-refractivity contribution is -0.121. The van der Waals surface area contributed by atoms with Crippen molar-refractivity contribution in [1.82, 2.24) is 25.0 Å². The van der Waals surface area contributed by atoms with Crippen LogP contribution < -0.4 is 5.32 Å². The van der Waals surface area contributed by atoms with Crippen molar-refractivity contribution in [3.05, 3.63) is 65.5 Å². The van der Waals surface area contributed by atoms with Crippen molar-refractivity contribution in [3.63, 3.8) is 0 Å². The smallest absolute Gasteiger partial charge is 0.321 e. The van der Waals surface area contributed by atoms with Gasteiger partial charge in [0.2, 0.25) is 5.91 Å². The number of hydrogen-bond donors (Lipinski definition) is 1. The topological polar surface area (TPSA) is 68.8 Å². The molecule has 7 heteroatoms. The van der Waals surface area contributed by atoms with Crippen LogP contribution in [0.1, 0.15) is 61.6 Å². The quantitative estimate of drug-likeness (QED) is 0.583. The number of hydrogen-bond acceptors (Lipinski definition) is 4. The van der Waals surface area contributed by atoms with Crippen LogP contribution in [0.25, 0.3) is 0 Å². The highest BCUT2D eigenvalue weighted by atomic mass is 16.2. The Balaban J connectivity index is 1.30. The number of carbonyl (C=O) groups is 2. The monoisotopic (exact) mass is 503 g/mol. The van der Waals surface area contributed by atoms with Crippen LogP contribution in [0, 0.1) is 12.8 Å². The molecule has 7 nitrogen and oxygen atoms in total. The van der Waals surface area contributed by atoms with Gasteiger partial charge in [0.15, 0.2) is 0 Å². The first kappa shape index (κ1) is 25.7. The molecular weight excluding hydrogens is 462 g/mol. The van der Waals surface area contributed by atoms with Gasteiger partial charge in [0.05, 0.1) is 5.54 Å². The highest BCUT2D eigenvalue weighted by Gasteiger charge is 2.55. The standard InChI is InChI=1S/C30H41N5O2/c1-23-12-17-31-18-25(23)19-32-27(36)21-34-22-29(35(28(34)37)20-24-8-7-9-24)13-15-30(16-14-29,33(2)3)26-10-5-4-6-11-26/h4-6,10-12,17-18,24H,7-9,13-16,19-22H2,1-3H3,(H,32,36)/t29-,30+. The third kappa shape index (κ3) is 4.98. The number of amides is 3. The average molecular weight is 504 g/mol. The van der Waals surface area contributed by atoms with Crippen LogP contribution in [-0.2, 0) is 16.9 Å². The lowest BCUT2D eigenvalue weighted by atomic mass is 9.68. The molecule has 1 aliphatic heterocycles. The summed E-state index contributed by atoms with van der Waals surface area (Å²) in [5, 5.41) is 3.01. The minimum absolute atomic E-state index is 0.0237. The maximum Gasteiger partial charge on any atom is 0.321 e. The molecule has 37 heavy (non-hydrogen) atoms. The summed E-state index contributed by atoms with van der Waals surface area (Å²) in [5.41, 5.74) is 3.24. The number of urea groups is 1. The molecule has 1 spiro atoms. The Morgan fingerprint density at radius 2 is 1.84 bits per heavy atom. The number of nitrogens with one attached hydrogen (secondary N) is 1. The Hall–Kier alpha value is -2.93. The first-order valence-corrected chi connectivity index (χ1v) is 13.8. The molecule has 1 saturated heterocycles. The van der Waals surface area contributed by atoms with Crippen molar-refractivity contribution in [2.45, 2.75) is 69.5 Å². The lowest BCUT2D eigenvalue weighted by Gasteiger charge is -2.51. The summed E-state index contributed by atoms with van der Waals surface area (Å²) < 4.78 is 0. The van der Waals surface area contributed by atoms with E-state index < -0.39 is 0 Å². The summed E-state index contributed by atoms with van der Waals surface area (Å²) >= 11 is 0. The van der Waals surface area contributed by atoms with E-state index >= 15 is 0 Å². The second-order valence-electron chi connectivity index (χ2n) is 11.6. The molecule has 3 fully saturated rings. The van der Waals surface area contributed by atoms with Gasteiger partial charge < -0.3 is 15.1 Å². The third-order valence-electron chi connectivity index (χ3n) is 9.36. The molecular formula is C30H41N5O2. The zero-order valence-electron chi connectivity index (χ0n) is 22.6. The number of aryl methyl sites for hydroxylation is 1. The Labute approximate surface area is 221 Å². The van der Waals surface area contributed by atoms with Crippen LogP contribution in [0.5, 0.6) is 0 Å². The number of carbonyl (C=O) groups excluding carboxylic acids is 2. The fourth-order valence-corrected chi connectivity index (χ4v) is 6.61. The summed E-state index contributed by atoms with van der Waals surface area (Å²) in [7, 11) is 4.36. The van der Waals surface area contributed by atoms with Crippen LogP contribution in [0.4, 0.5) is 4.79 Å². The molecule has 1 aromatic heterocycles. The molecule has 1 N–H and O–H groups in total. The number of aromatic nitrogens is 1. The minimum Gasteiger partial charge on any atom is -0.350 e.